The maximum absolute atomic E-state index is 2.43. The summed E-state index contributed by atoms with van der Waals surface area (Å²) < 4.78 is 2.71. The van der Waals surface area contributed by atoms with Gasteiger partial charge in [-0.2, -0.15) is 0 Å². The zero-order valence-electron chi connectivity index (χ0n) is 21.6. The van der Waals surface area contributed by atoms with Gasteiger partial charge in [-0.1, -0.05) is 112 Å². The van der Waals surface area contributed by atoms with Gasteiger partial charge < -0.3 is 4.90 Å². The van der Waals surface area contributed by atoms with Crippen molar-refractivity contribution in [2.75, 3.05) is 4.90 Å². The predicted molar refractivity (Wildman–Crippen MR) is 162 cm³/mol. The van der Waals surface area contributed by atoms with Crippen LogP contribution < -0.4 is 4.90 Å². The predicted octanol–water partition coefficient (Wildman–Crippen LogP) is 10.4. The van der Waals surface area contributed by atoms with E-state index in [1.807, 2.05) is 11.3 Å². The largest absolute Gasteiger partial charge is 0.337 e. The quantitative estimate of drug-likeness (QED) is 0.229. The first kappa shape index (κ1) is 23.5. The molecule has 0 spiro atoms. The summed E-state index contributed by atoms with van der Waals surface area (Å²) in [6.07, 6.45) is 0. The molecule has 0 aliphatic rings. The molecule has 5 aromatic carbocycles. The molecule has 6 aromatic rings. The van der Waals surface area contributed by atoms with Crippen LogP contribution in [0.2, 0.25) is 0 Å². The zero-order chi connectivity index (χ0) is 25.4. The van der Waals surface area contributed by atoms with E-state index in [4.69, 9.17) is 0 Å². The van der Waals surface area contributed by atoms with Gasteiger partial charge in [0.25, 0.3) is 0 Å². The van der Waals surface area contributed by atoms with Crippen LogP contribution in [-0.2, 0) is 12.0 Å². The van der Waals surface area contributed by atoms with E-state index in [2.05, 4.69) is 147 Å². The van der Waals surface area contributed by atoms with Gasteiger partial charge in [0.1, 0.15) is 0 Å². The van der Waals surface area contributed by atoms with E-state index in [0.29, 0.717) is 0 Å². The van der Waals surface area contributed by atoms with Crippen molar-refractivity contribution in [1.29, 1.82) is 0 Å². The minimum absolute atomic E-state index is 0.0123. The fourth-order valence-corrected chi connectivity index (χ4v) is 6.51. The standard InChI is InChI=1S/C35H31NS/c1-35(2,3)32-23-25(29-18-12-19-31-30-17-10-11-20-33(30)37-34(29)31)21-22-26(32)24-36(27-13-6-4-7-14-27)28-15-8-5-9-16-28/h4-23H,24H2,1-3H3. The maximum atomic E-state index is 2.43. The molecule has 6 rings (SSSR count). The number of rotatable bonds is 5. The number of anilines is 2. The fraction of sp³-hybridized carbons (Fsp3) is 0.143. The van der Waals surface area contributed by atoms with Crippen molar-refractivity contribution in [3.8, 4) is 11.1 Å². The Kier molecular flexibility index (Phi) is 6.06. The summed E-state index contributed by atoms with van der Waals surface area (Å²) in [6, 6.07) is 44.0. The molecule has 0 saturated carbocycles. The molecule has 182 valence electrons. The van der Waals surface area contributed by atoms with Crippen molar-refractivity contribution in [2.45, 2.75) is 32.7 Å². The van der Waals surface area contributed by atoms with E-state index >= 15 is 0 Å². The molecule has 0 aliphatic carbocycles. The van der Waals surface area contributed by atoms with Crippen molar-refractivity contribution < 1.29 is 0 Å². The van der Waals surface area contributed by atoms with Gasteiger partial charge in [-0.25, -0.2) is 0 Å². The Hall–Kier alpha value is -3.88. The summed E-state index contributed by atoms with van der Waals surface area (Å²) in [5.41, 5.74) is 7.77. The molecule has 2 heteroatoms. The van der Waals surface area contributed by atoms with Crippen LogP contribution in [0.3, 0.4) is 0 Å². The summed E-state index contributed by atoms with van der Waals surface area (Å²) in [4.78, 5) is 2.41. The molecule has 0 unspecified atom stereocenters. The number of thiophene rings is 1. The third kappa shape index (κ3) is 4.54. The minimum atomic E-state index is 0.0123. The Morgan fingerprint density at radius 3 is 1.92 bits per heavy atom. The van der Waals surface area contributed by atoms with Crippen LogP contribution in [-0.4, -0.2) is 0 Å². The molecule has 0 aliphatic heterocycles. The average Bonchev–Trinajstić information content (AvgIpc) is 3.31. The van der Waals surface area contributed by atoms with E-state index in [9.17, 15) is 0 Å². The monoisotopic (exact) mass is 497 g/mol. The van der Waals surface area contributed by atoms with Crippen LogP contribution in [0.5, 0.6) is 0 Å². The van der Waals surface area contributed by atoms with Gasteiger partial charge >= 0.3 is 0 Å². The minimum Gasteiger partial charge on any atom is -0.337 e. The molecule has 0 amide bonds. The van der Waals surface area contributed by atoms with Crippen molar-refractivity contribution in [2.24, 2.45) is 0 Å². The molecule has 1 nitrogen and oxygen atoms in total. The van der Waals surface area contributed by atoms with Crippen molar-refractivity contribution in [3.63, 3.8) is 0 Å². The van der Waals surface area contributed by atoms with Gasteiger partial charge in [0.05, 0.1) is 0 Å². The fourth-order valence-electron chi connectivity index (χ4n) is 5.27. The molecule has 37 heavy (non-hydrogen) atoms. The molecule has 0 saturated heterocycles. The molecule has 1 heterocycles. The highest BCUT2D eigenvalue weighted by Gasteiger charge is 2.22. The second kappa shape index (κ2) is 9.53. The lowest BCUT2D eigenvalue weighted by Crippen LogP contribution is -2.21. The van der Waals surface area contributed by atoms with Gasteiger partial charge in [0.15, 0.2) is 0 Å². The summed E-state index contributed by atoms with van der Waals surface area (Å²) in [5.74, 6) is 0. The third-order valence-corrected chi connectivity index (χ3v) is 8.32. The van der Waals surface area contributed by atoms with Crippen LogP contribution in [0.25, 0.3) is 31.3 Å². The SMILES string of the molecule is CC(C)(C)c1cc(-c2cccc3c2sc2ccccc23)ccc1CN(c1ccccc1)c1ccccc1. The Morgan fingerprint density at radius 1 is 0.622 bits per heavy atom. The zero-order valence-corrected chi connectivity index (χ0v) is 22.4. The molecule has 0 N–H and O–H groups in total. The molecule has 1 aromatic heterocycles. The molecule has 0 bridgehead atoms. The molecule has 0 atom stereocenters. The maximum Gasteiger partial charge on any atom is 0.0484 e. The van der Waals surface area contributed by atoms with E-state index in [0.717, 1.165) is 6.54 Å². The van der Waals surface area contributed by atoms with E-state index < -0.39 is 0 Å². The first-order valence-corrected chi connectivity index (χ1v) is 13.7. The molecule has 0 fully saturated rings. The van der Waals surface area contributed by atoms with Crippen molar-refractivity contribution in [3.05, 3.63) is 132 Å². The van der Waals surface area contributed by atoms with E-state index in [1.165, 1.54) is 53.8 Å². The number of fused-ring (bicyclic) bond motifs is 3. The Balaban J connectivity index is 1.47. The Bertz CT molecular complexity index is 1630. The number of hydrogen-bond acceptors (Lipinski definition) is 2. The number of benzene rings is 5. The van der Waals surface area contributed by atoms with Gasteiger partial charge in [0.2, 0.25) is 0 Å². The molecular weight excluding hydrogens is 466 g/mol. The topological polar surface area (TPSA) is 3.24 Å². The number of hydrogen-bond donors (Lipinski definition) is 0. The molecule has 0 radical (unpaired) electrons. The lowest BCUT2D eigenvalue weighted by molar-refractivity contribution is 0.582. The number of para-hydroxylation sites is 2. The normalized spacial score (nSPS) is 11.8. The molecular formula is C35H31NS. The lowest BCUT2D eigenvalue weighted by Gasteiger charge is -2.30. The smallest absolute Gasteiger partial charge is 0.0484 e. The van der Waals surface area contributed by atoms with Crippen molar-refractivity contribution >= 4 is 42.9 Å². The summed E-state index contributed by atoms with van der Waals surface area (Å²) in [6.45, 7) is 7.79. The second-order valence-electron chi connectivity index (χ2n) is 10.7. The van der Waals surface area contributed by atoms with Crippen LogP contribution in [0.15, 0.2) is 121 Å². The summed E-state index contributed by atoms with van der Waals surface area (Å²) in [7, 11) is 0. The van der Waals surface area contributed by atoms with E-state index in [1.54, 1.807) is 0 Å². The van der Waals surface area contributed by atoms with Gasteiger partial charge in [-0.3, -0.25) is 0 Å². The third-order valence-electron chi connectivity index (χ3n) is 7.10. The van der Waals surface area contributed by atoms with Gasteiger partial charge in [-0.05, 0) is 58.0 Å². The van der Waals surface area contributed by atoms with E-state index in [-0.39, 0.29) is 5.41 Å². The first-order chi connectivity index (χ1) is 18.0. The van der Waals surface area contributed by atoms with Crippen molar-refractivity contribution in [1.82, 2.24) is 0 Å². The summed E-state index contributed by atoms with van der Waals surface area (Å²) >= 11 is 1.90. The Labute approximate surface area is 223 Å². The second-order valence-corrected chi connectivity index (χ2v) is 11.7. The highest BCUT2D eigenvalue weighted by atomic mass is 32.1. The van der Waals surface area contributed by atoms with Gasteiger partial charge in [-0.15, -0.1) is 11.3 Å². The van der Waals surface area contributed by atoms with Crippen LogP contribution in [0, 0.1) is 0 Å². The number of nitrogens with zero attached hydrogens (tertiary/aromatic N) is 1. The highest BCUT2D eigenvalue weighted by molar-refractivity contribution is 7.26. The van der Waals surface area contributed by atoms with Crippen LogP contribution in [0.1, 0.15) is 31.9 Å². The Morgan fingerprint density at radius 2 is 1.24 bits per heavy atom. The van der Waals surface area contributed by atoms with Crippen LogP contribution in [0.4, 0.5) is 11.4 Å². The highest BCUT2D eigenvalue weighted by Crippen LogP contribution is 2.41. The average molecular weight is 498 g/mol. The summed E-state index contributed by atoms with van der Waals surface area (Å²) in [5, 5.41) is 2.69. The van der Waals surface area contributed by atoms with Gasteiger partial charge in [0, 0.05) is 38.1 Å². The first-order valence-electron chi connectivity index (χ1n) is 12.9. The lowest BCUT2D eigenvalue weighted by atomic mass is 9.81. The van der Waals surface area contributed by atoms with Crippen LogP contribution >= 0.6 is 11.3 Å².